The van der Waals surface area contributed by atoms with Crippen LogP contribution in [0, 0.1) is 5.41 Å². The van der Waals surface area contributed by atoms with E-state index in [4.69, 9.17) is 16.2 Å². The van der Waals surface area contributed by atoms with E-state index in [1.807, 2.05) is 20.8 Å². The number of ketones is 1. The summed E-state index contributed by atoms with van der Waals surface area (Å²) in [4.78, 5) is 23.0. The molecule has 7 nitrogen and oxygen atoms in total. The maximum Gasteiger partial charge on any atom is 0.325 e. The lowest BCUT2D eigenvalue weighted by Crippen LogP contribution is -2.39. The van der Waals surface area contributed by atoms with Crippen molar-refractivity contribution in [2.75, 3.05) is 31.8 Å². The van der Waals surface area contributed by atoms with E-state index in [-0.39, 0.29) is 19.0 Å². The lowest BCUT2D eigenvalue weighted by Gasteiger charge is -2.21. The van der Waals surface area contributed by atoms with Crippen molar-refractivity contribution in [3.05, 3.63) is 0 Å². The SMILES string of the molecule is COC(=O)C(N)COCC(O)CSCC[C@H](N)C(=O)C(C)(C)C. The molecular weight excluding hydrogens is 320 g/mol. The second-order valence-electron chi connectivity index (χ2n) is 6.41. The van der Waals surface area contributed by atoms with Crippen LogP contribution >= 0.6 is 11.8 Å². The summed E-state index contributed by atoms with van der Waals surface area (Å²) < 4.78 is 9.64. The molecule has 8 heteroatoms. The van der Waals surface area contributed by atoms with Crippen molar-refractivity contribution in [3.63, 3.8) is 0 Å². The molecule has 0 fully saturated rings. The third-order valence-electron chi connectivity index (χ3n) is 3.07. The van der Waals surface area contributed by atoms with E-state index < -0.39 is 29.6 Å². The molecule has 0 aromatic carbocycles. The number of ether oxygens (including phenoxy) is 2. The highest BCUT2D eigenvalue weighted by molar-refractivity contribution is 7.99. The van der Waals surface area contributed by atoms with Gasteiger partial charge in [0.15, 0.2) is 5.78 Å². The third-order valence-corrected chi connectivity index (χ3v) is 4.22. The van der Waals surface area contributed by atoms with Gasteiger partial charge >= 0.3 is 5.97 Å². The fourth-order valence-corrected chi connectivity index (χ4v) is 2.67. The van der Waals surface area contributed by atoms with Crippen molar-refractivity contribution in [1.29, 1.82) is 0 Å². The summed E-state index contributed by atoms with van der Waals surface area (Å²) in [6.07, 6.45) is -0.0962. The van der Waals surface area contributed by atoms with Gasteiger partial charge in [0.25, 0.3) is 0 Å². The summed E-state index contributed by atoms with van der Waals surface area (Å²) in [6.45, 7) is 5.64. The summed E-state index contributed by atoms with van der Waals surface area (Å²) in [5, 5.41) is 9.76. The van der Waals surface area contributed by atoms with Crippen molar-refractivity contribution < 1.29 is 24.2 Å². The Balaban J connectivity index is 3.77. The van der Waals surface area contributed by atoms with Gasteiger partial charge in [0.05, 0.1) is 32.5 Å². The zero-order valence-electron chi connectivity index (χ0n) is 14.4. The molecule has 2 unspecified atom stereocenters. The molecule has 0 heterocycles. The minimum Gasteiger partial charge on any atom is -0.468 e. The number of carbonyl (C=O) groups is 2. The molecule has 0 spiro atoms. The molecule has 0 saturated carbocycles. The van der Waals surface area contributed by atoms with Crippen molar-refractivity contribution in [2.45, 2.75) is 45.4 Å². The molecule has 0 aromatic heterocycles. The first-order valence-corrected chi connectivity index (χ1v) is 8.72. The molecular formula is C15H30N2O5S. The highest BCUT2D eigenvalue weighted by Gasteiger charge is 2.26. The van der Waals surface area contributed by atoms with Crippen LogP contribution in [-0.4, -0.2) is 66.9 Å². The molecule has 0 saturated heterocycles. The zero-order chi connectivity index (χ0) is 18.0. The Morgan fingerprint density at radius 3 is 2.30 bits per heavy atom. The van der Waals surface area contributed by atoms with Gasteiger partial charge in [-0.2, -0.15) is 11.8 Å². The van der Waals surface area contributed by atoms with Crippen LogP contribution in [0.25, 0.3) is 0 Å². The summed E-state index contributed by atoms with van der Waals surface area (Å²) in [5.41, 5.74) is 10.9. The Hall–Kier alpha value is -0.670. The van der Waals surface area contributed by atoms with Crippen LogP contribution < -0.4 is 11.5 Å². The number of thioether (sulfide) groups is 1. The second kappa shape index (κ2) is 11.0. The molecule has 0 amide bonds. The fraction of sp³-hybridized carbons (Fsp3) is 0.867. The molecule has 0 aliphatic carbocycles. The van der Waals surface area contributed by atoms with E-state index in [0.29, 0.717) is 17.9 Å². The van der Waals surface area contributed by atoms with Gasteiger partial charge in [-0.05, 0) is 12.2 Å². The largest absolute Gasteiger partial charge is 0.468 e. The van der Waals surface area contributed by atoms with Crippen LogP contribution in [0.3, 0.4) is 0 Å². The minimum absolute atomic E-state index is 0.000636. The number of hydrogen-bond donors (Lipinski definition) is 3. The third kappa shape index (κ3) is 9.93. The number of methoxy groups -OCH3 is 1. The van der Waals surface area contributed by atoms with Gasteiger partial charge in [0.2, 0.25) is 0 Å². The first-order chi connectivity index (χ1) is 10.6. The Labute approximate surface area is 142 Å². The van der Waals surface area contributed by atoms with Crippen molar-refractivity contribution in [1.82, 2.24) is 0 Å². The van der Waals surface area contributed by atoms with Gasteiger partial charge in [-0.15, -0.1) is 0 Å². The average molecular weight is 350 g/mol. The van der Waals surface area contributed by atoms with E-state index >= 15 is 0 Å². The maximum atomic E-state index is 11.9. The number of nitrogens with two attached hydrogens (primary N) is 2. The van der Waals surface area contributed by atoms with Gasteiger partial charge in [-0.25, -0.2) is 0 Å². The zero-order valence-corrected chi connectivity index (χ0v) is 15.2. The number of rotatable bonds is 11. The highest BCUT2D eigenvalue weighted by Crippen LogP contribution is 2.18. The van der Waals surface area contributed by atoms with Crippen molar-refractivity contribution >= 4 is 23.5 Å². The van der Waals surface area contributed by atoms with E-state index in [2.05, 4.69) is 4.74 Å². The molecule has 0 aliphatic rings. The number of Topliss-reactive ketones (excluding diaryl/α,β-unsaturated/α-hetero) is 1. The predicted octanol–water partition coefficient (Wildman–Crippen LogP) is -0.0700. The normalized spacial score (nSPS) is 15.8. The lowest BCUT2D eigenvalue weighted by atomic mass is 9.86. The van der Waals surface area contributed by atoms with Crippen LogP contribution in [0.2, 0.25) is 0 Å². The van der Waals surface area contributed by atoms with Crippen molar-refractivity contribution in [2.24, 2.45) is 16.9 Å². The first kappa shape index (κ1) is 22.3. The van der Waals surface area contributed by atoms with E-state index in [1.54, 1.807) is 0 Å². The molecule has 0 radical (unpaired) electrons. The molecule has 3 atom stereocenters. The van der Waals surface area contributed by atoms with Crippen molar-refractivity contribution in [3.8, 4) is 0 Å². The van der Waals surface area contributed by atoms with Gasteiger partial charge in [0.1, 0.15) is 6.04 Å². The maximum absolute atomic E-state index is 11.9. The predicted molar refractivity (Wildman–Crippen MR) is 91.2 cm³/mol. The fourth-order valence-electron chi connectivity index (χ4n) is 1.72. The monoisotopic (exact) mass is 350 g/mol. The van der Waals surface area contributed by atoms with Crippen LogP contribution in [-0.2, 0) is 19.1 Å². The first-order valence-electron chi connectivity index (χ1n) is 7.56. The van der Waals surface area contributed by atoms with Gasteiger partial charge in [-0.1, -0.05) is 20.8 Å². The minimum atomic E-state index is -0.846. The number of hydrogen-bond acceptors (Lipinski definition) is 8. The molecule has 5 N–H and O–H groups in total. The second-order valence-corrected chi connectivity index (χ2v) is 7.56. The van der Waals surface area contributed by atoms with E-state index in [1.165, 1.54) is 18.9 Å². The standard InChI is InChI=1S/C15H30N2O5S/c1-15(2,3)13(19)11(16)5-6-23-9-10(18)7-22-8-12(17)14(20)21-4/h10-12,18H,5-9,16-17H2,1-4H3/t10?,11-,12?/m0/s1. The summed E-state index contributed by atoms with van der Waals surface area (Å²) in [5.74, 6) is 0.635. The number of esters is 1. The van der Waals surface area contributed by atoms with Crippen LogP contribution in [0.5, 0.6) is 0 Å². The summed E-state index contributed by atoms with van der Waals surface area (Å²) >= 11 is 1.50. The van der Waals surface area contributed by atoms with Crippen LogP contribution in [0.4, 0.5) is 0 Å². The molecule has 0 rings (SSSR count). The Bertz CT molecular complexity index is 373. The molecule has 0 bridgehead atoms. The Morgan fingerprint density at radius 2 is 1.78 bits per heavy atom. The number of aliphatic hydroxyl groups excluding tert-OH is 1. The van der Waals surface area contributed by atoms with Crippen LogP contribution in [0.1, 0.15) is 27.2 Å². The number of aliphatic hydroxyl groups is 1. The topological polar surface area (TPSA) is 125 Å². The molecule has 0 aromatic rings. The highest BCUT2D eigenvalue weighted by atomic mass is 32.2. The van der Waals surface area contributed by atoms with E-state index in [0.717, 1.165) is 0 Å². The molecule has 23 heavy (non-hydrogen) atoms. The summed E-state index contributed by atoms with van der Waals surface area (Å²) in [7, 11) is 1.25. The van der Waals surface area contributed by atoms with Gasteiger partial charge in [0, 0.05) is 11.2 Å². The molecule has 136 valence electrons. The van der Waals surface area contributed by atoms with Gasteiger partial charge in [-0.3, -0.25) is 9.59 Å². The Morgan fingerprint density at radius 1 is 1.17 bits per heavy atom. The molecule has 0 aliphatic heterocycles. The number of carbonyl (C=O) groups excluding carboxylic acids is 2. The quantitative estimate of drug-likeness (QED) is 0.349. The lowest BCUT2D eigenvalue weighted by molar-refractivity contribution is -0.143. The van der Waals surface area contributed by atoms with Gasteiger partial charge < -0.3 is 26.0 Å². The van der Waals surface area contributed by atoms with E-state index in [9.17, 15) is 14.7 Å². The smallest absolute Gasteiger partial charge is 0.325 e. The van der Waals surface area contributed by atoms with Crippen LogP contribution in [0.15, 0.2) is 0 Å². The average Bonchev–Trinajstić information content (AvgIpc) is 2.48. The Kier molecular flexibility index (Phi) is 10.7. The summed E-state index contributed by atoms with van der Waals surface area (Å²) in [6, 6.07) is -1.32.